The van der Waals surface area contributed by atoms with Gasteiger partial charge in [-0.25, -0.2) is 0 Å². The minimum Gasteiger partial charge on any atom is -0.393 e. The molecule has 1 rings (SSSR count). The van der Waals surface area contributed by atoms with Crippen LogP contribution in [0.5, 0.6) is 0 Å². The van der Waals surface area contributed by atoms with Crippen LogP contribution in [0.25, 0.3) is 0 Å². The third-order valence-corrected chi connectivity index (χ3v) is 5.23. The van der Waals surface area contributed by atoms with Crippen molar-refractivity contribution in [2.75, 3.05) is 13.2 Å². The fourth-order valence-electron chi connectivity index (χ4n) is 3.50. The van der Waals surface area contributed by atoms with E-state index in [1.165, 1.54) is 77.0 Å². The molecule has 1 unspecified atom stereocenters. The molecule has 0 radical (unpaired) electrons. The Morgan fingerprint density at radius 1 is 0.769 bits per heavy atom. The van der Waals surface area contributed by atoms with Crippen LogP contribution in [0.3, 0.4) is 0 Å². The van der Waals surface area contributed by atoms with Gasteiger partial charge in [0.05, 0.1) is 19.3 Å². The molecule has 1 aliphatic rings. The Kier molecular flexibility index (Phi) is 16.4. The first-order valence-corrected chi connectivity index (χ1v) is 11.4. The van der Waals surface area contributed by atoms with E-state index in [-0.39, 0.29) is 12.4 Å². The molecule has 1 saturated heterocycles. The largest absolute Gasteiger partial charge is 0.393 e. The second-order valence-corrected chi connectivity index (χ2v) is 7.78. The number of hydrogen-bond donors (Lipinski definition) is 1. The lowest BCUT2D eigenvalue weighted by atomic mass is 10.0. The molecular formula is C23H44O3. The van der Waals surface area contributed by atoms with Crippen molar-refractivity contribution in [2.24, 2.45) is 0 Å². The summed E-state index contributed by atoms with van der Waals surface area (Å²) < 4.78 is 10.8. The summed E-state index contributed by atoms with van der Waals surface area (Å²) in [5.41, 5.74) is 0. The average molecular weight is 369 g/mol. The summed E-state index contributed by atoms with van der Waals surface area (Å²) in [4.78, 5) is 0. The van der Waals surface area contributed by atoms with Crippen molar-refractivity contribution in [3.63, 3.8) is 0 Å². The molecule has 3 nitrogen and oxygen atoms in total. The molecule has 154 valence electrons. The third-order valence-electron chi connectivity index (χ3n) is 5.23. The zero-order valence-electron chi connectivity index (χ0n) is 17.3. The van der Waals surface area contributed by atoms with E-state index < -0.39 is 0 Å². The van der Waals surface area contributed by atoms with Crippen LogP contribution in [-0.4, -0.2) is 30.7 Å². The summed E-state index contributed by atoms with van der Waals surface area (Å²) in [6.45, 7) is 3.68. The first kappa shape index (κ1) is 23.7. The topological polar surface area (TPSA) is 38.7 Å². The summed E-state index contributed by atoms with van der Waals surface area (Å²) in [5.74, 6) is 0. The standard InChI is InChI=1S/C23H44O3/c1-2-3-4-5-6-7-8-9-10-11-12-13-14-15-16-17-22(24)18-19-23-25-20-21-26-23/h9-10,22-24H,2-8,11-21H2,1H3/b10-9-. The lowest BCUT2D eigenvalue weighted by Gasteiger charge is -2.13. The number of unbranched alkanes of at least 4 members (excludes halogenated alkanes) is 11. The molecule has 26 heavy (non-hydrogen) atoms. The number of hydrogen-bond acceptors (Lipinski definition) is 3. The van der Waals surface area contributed by atoms with Gasteiger partial charge >= 0.3 is 0 Å². The van der Waals surface area contributed by atoms with Gasteiger partial charge in [-0.1, -0.05) is 76.9 Å². The highest BCUT2D eigenvalue weighted by Crippen LogP contribution is 2.16. The SMILES string of the molecule is CCCCCCCC/C=C\CCCCCCCC(O)CCC1OCCO1. The number of ether oxygens (including phenoxy) is 2. The maximum atomic E-state index is 9.99. The minimum absolute atomic E-state index is 0.0706. The van der Waals surface area contributed by atoms with Crippen LogP contribution >= 0.6 is 0 Å². The van der Waals surface area contributed by atoms with Crippen LogP contribution < -0.4 is 0 Å². The van der Waals surface area contributed by atoms with Crippen molar-refractivity contribution in [3.8, 4) is 0 Å². The lowest BCUT2D eigenvalue weighted by molar-refractivity contribution is -0.0544. The van der Waals surface area contributed by atoms with E-state index in [0.717, 1.165) is 25.7 Å². The predicted octanol–water partition coefficient (Wildman–Crippen LogP) is 6.54. The van der Waals surface area contributed by atoms with E-state index >= 15 is 0 Å². The second kappa shape index (κ2) is 18.0. The molecular weight excluding hydrogens is 324 g/mol. The van der Waals surface area contributed by atoms with Gasteiger partial charge in [-0.3, -0.25) is 0 Å². The quantitative estimate of drug-likeness (QED) is 0.220. The normalized spacial score (nSPS) is 16.7. The van der Waals surface area contributed by atoms with Gasteiger partial charge in [0.15, 0.2) is 6.29 Å². The van der Waals surface area contributed by atoms with Gasteiger partial charge in [0, 0.05) is 6.42 Å². The summed E-state index contributed by atoms with van der Waals surface area (Å²) in [5, 5.41) is 9.99. The molecule has 0 saturated carbocycles. The Morgan fingerprint density at radius 2 is 1.31 bits per heavy atom. The molecule has 0 bridgehead atoms. The Labute approximate surface area is 162 Å². The molecule has 3 heteroatoms. The van der Waals surface area contributed by atoms with Gasteiger partial charge in [0.2, 0.25) is 0 Å². The molecule has 0 spiro atoms. The van der Waals surface area contributed by atoms with Gasteiger partial charge in [0.1, 0.15) is 0 Å². The van der Waals surface area contributed by atoms with E-state index in [2.05, 4.69) is 19.1 Å². The minimum atomic E-state index is -0.187. The van der Waals surface area contributed by atoms with Gasteiger partial charge < -0.3 is 14.6 Å². The lowest BCUT2D eigenvalue weighted by Crippen LogP contribution is -2.13. The Balaban J connectivity index is 1.75. The van der Waals surface area contributed by atoms with Crippen LogP contribution in [0, 0.1) is 0 Å². The van der Waals surface area contributed by atoms with Crippen molar-refractivity contribution in [2.45, 2.75) is 122 Å². The maximum Gasteiger partial charge on any atom is 0.157 e. The maximum absolute atomic E-state index is 9.99. The van der Waals surface area contributed by atoms with Gasteiger partial charge in [-0.15, -0.1) is 0 Å². The zero-order valence-corrected chi connectivity index (χ0v) is 17.3. The molecule has 1 atom stereocenters. The molecule has 1 heterocycles. The highest BCUT2D eigenvalue weighted by atomic mass is 16.7. The summed E-state index contributed by atoms with van der Waals surface area (Å²) in [7, 11) is 0. The Bertz CT molecular complexity index is 311. The van der Waals surface area contributed by atoms with Crippen LogP contribution in [-0.2, 0) is 9.47 Å². The number of rotatable bonds is 18. The first-order valence-electron chi connectivity index (χ1n) is 11.4. The van der Waals surface area contributed by atoms with Crippen LogP contribution in [0.4, 0.5) is 0 Å². The van der Waals surface area contributed by atoms with Crippen LogP contribution in [0.1, 0.15) is 110 Å². The Hall–Kier alpha value is -0.380. The molecule has 0 amide bonds. The van der Waals surface area contributed by atoms with E-state index in [1.54, 1.807) is 0 Å². The monoisotopic (exact) mass is 368 g/mol. The van der Waals surface area contributed by atoms with Crippen LogP contribution in [0.15, 0.2) is 12.2 Å². The zero-order chi connectivity index (χ0) is 18.7. The molecule has 0 aromatic heterocycles. The van der Waals surface area contributed by atoms with Gasteiger partial charge in [0.25, 0.3) is 0 Å². The third kappa shape index (κ3) is 14.8. The van der Waals surface area contributed by atoms with Gasteiger partial charge in [-0.05, 0) is 38.5 Å². The molecule has 1 N–H and O–H groups in total. The average Bonchev–Trinajstić information content (AvgIpc) is 3.17. The van der Waals surface area contributed by atoms with Crippen molar-refractivity contribution in [1.29, 1.82) is 0 Å². The van der Waals surface area contributed by atoms with E-state index in [0.29, 0.717) is 13.2 Å². The molecule has 0 aromatic rings. The van der Waals surface area contributed by atoms with Crippen LogP contribution in [0.2, 0.25) is 0 Å². The number of aliphatic hydroxyl groups excluding tert-OH is 1. The van der Waals surface area contributed by atoms with E-state index in [4.69, 9.17) is 9.47 Å². The molecule has 1 fully saturated rings. The van der Waals surface area contributed by atoms with Gasteiger partial charge in [-0.2, -0.15) is 0 Å². The van der Waals surface area contributed by atoms with E-state index in [9.17, 15) is 5.11 Å². The summed E-state index contributed by atoms with van der Waals surface area (Å²) in [6.07, 6.45) is 24.2. The molecule has 0 aromatic carbocycles. The number of allylic oxidation sites excluding steroid dienone is 2. The van der Waals surface area contributed by atoms with Crippen molar-refractivity contribution in [3.05, 3.63) is 12.2 Å². The van der Waals surface area contributed by atoms with Crippen molar-refractivity contribution >= 4 is 0 Å². The highest BCUT2D eigenvalue weighted by molar-refractivity contribution is 4.81. The fourth-order valence-corrected chi connectivity index (χ4v) is 3.50. The van der Waals surface area contributed by atoms with E-state index in [1.807, 2.05) is 0 Å². The summed E-state index contributed by atoms with van der Waals surface area (Å²) in [6, 6.07) is 0. The first-order chi connectivity index (χ1) is 12.8. The number of aliphatic hydroxyl groups is 1. The second-order valence-electron chi connectivity index (χ2n) is 7.78. The predicted molar refractivity (Wildman–Crippen MR) is 110 cm³/mol. The summed E-state index contributed by atoms with van der Waals surface area (Å²) >= 11 is 0. The van der Waals surface area contributed by atoms with Crippen molar-refractivity contribution in [1.82, 2.24) is 0 Å². The fraction of sp³-hybridized carbons (Fsp3) is 0.913. The molecule has 0 aliphatic carbocycles. The smallest absolute Gasteiger partial charge is 0.157 e. The van der Waals surface area contributed by atoms with Crippen molar-refractivity contribution < 1.29 is 14.6 Å². The Morgan fingerprint density at radius 3 is 1.92 bits per heavy atom. The molecule has 1 aliphatic heterocycles. The highest BCUT2D eigenvalue weighted by Gasteiger charge is 2.17.